The van der Waals surface area contributed by atoms with Crippen molar-refractivity contribution in [3.63, 3.8) is 0 Å². The minimum atomic E-state index is 0.682. The molecule has 1 aromatic rings. The highest BCUT2D eigenvalue weighted by atomic mass is 15.2. The van der Waals surface area contributed by atoms with Crippen LogP contribution in [0.5, 0.6) is 0 Å². The first-order chi connectivity index (χ1) is 8.72. The molecule has 1 aromatic carbocycles. The van der Waals surface area contributed by atoms with Gasteiger partial charge in [-0.3, -0.25) is 0 Å². The molecule has 0 amide bonds. The fraction of sp³-hybridized carbons (Fsp3) is 0.625. The van der Waals surface area contributed by atoms with E-state index in [1.54, 1.807) is 0 Å². The average molecular weight is 246 g/mol. The number of hydrogen-bond donors (Lipinski definition) is 1. The lowest BCUT2D eigenvalue weighted by Gasteiger charge is -2.31. The standard InChI is InChI=1S/C16H26N2/c1-13-11-15(12-17-3)8-9-16(13)18-10-6-4-5-7-14(18)2/h8-9,11,14,17H,4-7,10,12H2,1-3H3. The predicted octanol–water partition coefficient (Wildman–Crippen LogP) is 3.48. The van der Waals surface area contributed by atoms with Crippen molar-refractivity contribution in [2.24, 2.45) is 0 Å². The maximum absolute atomic E-state index is 3.22. The van der Waals surface area contributed by atoms with E-state index in [9.17, 15) is 0 Å². The summed E-state index contributed by atoms with van der Waals surface area (Å²) in [6.07, 6.45) is 5.44. The Labute approximate surface area is 111 Å². The van der Waals surface area contributed by atoms with Crippen LogP contribution < -0.4 is 10.2 Å². The van der Waals surface area contributed by atoms with Gasteiger partial charge in [0.15, 0.2) is 0 Å². The molecule has 1 fully saturated rings. The molecule has 0 radical (unpaired) electrons. The Morgan fingerprint density at radius 3 is 2.83 bits per heavy atom. The molecule has 1 N–H and O–H groups in total. The molecule has 1 aliphatic heterocycles. The normalized spacial score (nSPS) is 20.8. The summed E-state index contributed by atoms with van der Waals surface area (Å²) >= 11 is 0. The van der Waals surface area contributed by atoms with E-state index in [0.29, 0.717) is 6.04 Å². The smallest absolute Gasteiger partial charge is 0.0398 e. The number of nitrogens with zero attached hydrogens (tertiary/aromatic N) is 1. The lowest BCUT2D eigenvalue weighted by Crippen LogP contribution is -2.33. The highest BCUT2D eigenvalue weighted by molar-refractivity contribution is 5.55. The van der Waals surface area contributed by atoms with Crippen LogP contribution in [0.3, 0.4) is 0 Å². The Bertz CT molecular complexity index is 387. The molecule has 0 saturated carbocycles. The van der Waals surface area contributed by atoms with E-state index < -0.39 is 0 Å². The van der Waals surface area contributed by atoms with Gasteiger partial charge in [-0.1, -0.05) is 25.0 Å². The maximum atomic E-state index is 3.22. The van der Waals surface area contributed by atoms with Gasteiger partial charge in [0.05, 0.1) is 0 Å². The van der Waals surface area contributed by atoms with Crippen LogP contribution in [0.1, 0.15) is 43.7 Å². The van der Waals surface area contributed by atoms with Crippen LogP contribution in [0.2, 0.25) is 0 Å². The molecule has 2 nitrogen and oxygen atoms in total. The zero-order chi connectivity index (χ0) is 13.0. The van der Waals surface area contributed by atoms with Crippen molar-refractivity contribution in [1.82, 2.24) is 5.32 Å². The number of aryl methyl sites for hydroxylation is 1. The molecule has 2 rings (SSSR count). The summed E-state index contributed by atoms with van der Waals surface area (Å²) < 4.78 is 0. The van der Waals surface area contributed by atoms with Gasteiger partial charge in [-0.25, -0.2) is 0 Å². The summed E-state index contributed by atoms with van der Waals surface area (Å²) in [6.45, 7) is 6.78. The zero-order valence-corrected chi connectivity index (χ0v) is 12.0. The Balaban J connectivity index is 2.20. The molecule has 0 bridgehead atoms. The van der Waals surface area contributed by atoms with E-state index in [-0.39, 0.29) is 0 Å². The fourth-order valence-corrected chi connectivity index (χ4v) is 2.99. The van der Waals surface area contributed by atoms with E-state index in [0.717, 1.165) is 6.54 Å². The van der Waals surface area contributed by atoms with Gasteiger partial charge in [0, 0.05) is 24.8 Å². The second-order valence-corrected chi connectivity index (χ2v) is 5.54. The van der Waals surface area contributed by atoms with Gasteiger partial charge < -0.3 is 10.2 Å². The lowest BCUT2D eigenvalue weighted by molar-refractivity contribution is 0.615. The van der Waals surface area contributed by atoms with Crippen LogP contribution in [0.15, 0.2) is 18.2 Å². The second-order valence-electron chi connectivity index (χ2n) is 5.54. The third-order valence-corrected chi connectivity index (χ3v) is 4.00. The van der Waals surface area contributed by atoms with Crippen LogP contribution in [-0.4, -0.2) is 19.6 Å². The molecule has 1 aliphatic rings. The molecule has 0 aromatic heterocycles. The molecule has 0 aliphatic carbocycles. The van der Waals surface area contributed by atoms with E-state index in [1.165, 1.54) is 49.0 Å². The summed E-state index contributed by atoms with van der Waals surface area (Å²) in [4.78, 5) is 2.60. The number of rotatable bonds is 3. The van der Waals surface area contributed by atoms with Gasteiger partial charge in [-0.05, 0) is 50.9 Å². The van der Waals surface area contributed by atoms with Gasteiger partial charge in [-0.15, -0.1) is 0 Å². The molecule has 1 atom stereocenters. The summed E-state index contributed by atoms with van der Waals surface area (Å²) in [7, 11) is 2.00. The Hall–Kier alpha value is -1.02. The summed E-state index contributed by atoms with van der Waals surface area (Å²) in [6, 6.07) is 7.57. The third-order valence-electron chi connectivity index (χ3n) is 4.00. The number of nitrogens with one attached hydrogen (secondary N) is 1. The molecule has 18 heavy (non-hydrogen) atoms. The van der Waals surface area contributed by atoms with Crippen LogP contribution in [-0.2, 0) is 6.54 Å². The molecule has 100 valence electrons. The van der Waals surface area contributed by atoms with Crippen molar-refractivity contribution in [2.75, 3.05) is 18.5 Å². The van der Waals surface area contributed by atoms with Crippen molar-refractivity contribution in [1.29, 1.82) is 0 Å². The number of anilines is 1. The van der Waals surface area contributed by atoms with Gasteiger partial charge in [0.1, 0.15) is 0 Å². The van der Waals surface area contributed by atoms with E-state index in [4.69, 9.17) is 0 Å². The minimum absolute atomic E-state index is 0.682. The van der Waals surface area contributed by atoms with Crippen LogP contribution in [0, 0.1) is 6.92 Å². The molecule has 2 heteroatoms. The third kappa shape index (κ3) is 3.05. The first-order valence-corrected chi connectivity index (χ1v) is 7.23. The quantitative estimate of drug-likeness (QED) is 0.878. The Kier molecular flexibility index (Phi) is 4.65. The Morgan fingerprint density at radius 2 is 2.11 bits per heavy atom. The summed E-state index contributed by atoms with van der Waals surface area (Å²) in [5.41, 5.74) is 4.22. The average Bonchev–Trinajstić information content (AvgIpc) is 2.55. The first-order valence-electron chi connectivity index (χ1n) is 7.23. The van der Waals surface area contributed by atoms with Crippen LogP contribution in [0.4, 0.5) is 5.69 Å². The van der Waals surface area contributed by atoms with Crippen molar-refractivity contribution >= 4 is 5.69 Å². The first kappa shape index (κ1) is 13.4. The largest absolute Gasteiger partial charge is 0.369 e. The van der Waals surface area contributed by atoms with E-state index >= 15 is 0 Å². The van der Waals surface area contributed by atoms with Gasteiger partial charge in [-0.2, -0.15) is 0 Å². The minimum Gasteiger partial charge on any atom is -0.369 e. The SMILES string of the molecule is CNCc1ccc(N2CCCCCC2C)c(C)c1. The van der Waals surface area contributed by atoms with Crippen LogP contribution in [0.25, 0.3) is 0 Å². The fourth-order valence-electron chi connectivity index (χ4n) is 2.99. The van der Waals surface area contributed by atoms with Crippen molar-refractivity contribution in [2.45, 2.75) is 52.1 Å². The topological polar surface area (TPSA) is 15.3 Å². The summed E-state index contributed by atoms with van der Waals surface area (Å²) in [5, 5.41) is 3.22. The number of hydrogen-bond acceptors (Lipinski definition) is 2. The summed E-state index contributed by atoms with van der Waals surface area (Å²) in [5.74, 6) is 0. The van der Waals surface area contributed by atoms with Crippen molar-refractivity contribution in [3.05, 3.63) is 29.3 Å². The molecular formula is C16H26N2. The molecule has 0 spiro atoms. The second kappa shape index (κ2) is 6.24. The zero-order valence-electron chi connectivity index (χ0n) is 12.0. The monoisotopic (exact) mass is 246 g/mol. The molecule has 1 unspecified atom stereocenters. The van der Waals surface area contributed by atoms with E-state index in [1.807, 2.05) is 7.05 Å². The highest BCUT2D eigenvalue weighted by Crippen LogP contribution is 2.27. The highest BCUT2D eigenvalue weighted by Gasteiger charge is 2.18. The van der Waals surface area contributed by atoms with Gasteiger partial charge >= 0.3 is 0 Å². The number of benzene rings is 1. The molecular weight excluding hydrogens is 220 g/mol. The van der Waals surface area contributed by atoms with Crippen molar-refractivity contribution in [3.8, 4) is 0 Å². The predicted molar refractivity (Wildman–Crippen MR) is 79.2 cm³/mol. The van der Waals surface area contributed by atoms with Crippen molar-refractivity contribution < 1.29 is 0 Å². The van der Waals surface area contributed by atoms with Gasteiger partial charge in [0.2, 0.25) is 0 Å². The van der Waals surface area contributed by atoms with Gasteiger partial charge in [0.25, 0.3) is 0 Å². The molecule has 1 saturated heterocycles. The molecule has 1 heterocycles. The Morgan fingerprint density at radius 1 is 1.28 bits per heavy atom. The van der Waals surface area contributed by atoms with E-state index in [2.05, 4.69) is 42.3 Å². The maximum Gasteiger partial charge on any atom is 0.0398 e. The van der Waals surface area contributed by atoms with Crippen LogP contribution >= 0.6 is 0 Å². The lowest BCUT2D eigenvalue weighted by atomic mass is 10.1.